The molecule has 0 aliphatic carbocycles. The summed E-state index contributed by atoms with van der Waals surface area (Å²) < 4.78 is 0. The van der Waals surface area contributed by atoms with Crippen LogP contribution in [0.2, 0.25) is 0 Å². The Morgan fingerprint density at radius 1 is 1.25 bits per heavy atom. The molecule has 0 aliphatic rings. The van der Waals surface area contributed by atoms with Gasteiger partial charge in [-0.25, -0.2) is 4.98 Å². The first-order valence-electron chi connectivity index (χ1n) is 6.30. The molecule has 0 amide bonds. The third kappa shape index (κ3) is 4.65. The number of hydrogen-bond acceptors (Lipinski definition) is 2. The highest BCUT2D eigenvalue weighted by Gasteiger charge is 2.02. The van der Waals surface area contributed by atoms with Crippen LogP contribution in [0.3, 0.4) is 0 Å². The molecule has 16 heavy (non-hydrogen) atoms. The molecule has 0 fully saturated rings. The Kier molecular flexibility index (Phi) is 5.30. The van der Waals surface area contributed by atoms with Crippen molar-refractivity contribution in [2.24, 2.45) is 11.8 Å². The molecule has 0 radical (unpaired) electrons. The molecule has 0 saturated heterocycles. The molecule has 1 aromatic heterocycles. The number of rotatable bonds is 6. The van der Waals surface area contributed by atoms with E-state index < -0.39 is 0 Å². The summed E-state index contributed by atoms with van der Waals surface area (Å²) in [5.74, 6) is 2.39. The zero-order valence-corrected chi connectivity index (χ0v) is 11.0. The van der Waals surface area contributed by atoms with E-state index in [4.69, 9.17) is 0 Å². The van der Waals surface area contributed by atoms with E-state index in [1.54, 1.807) is 0 Å². The normalized spacial score (nSPS) is 12.8. The van der Waals surface area contributed by atoms with Crippen molar-refractivity contribution in [3.05, 3.63) is 23.9 Å². The van der Waals surface area contributed by atoms with Crippen molar-refractivity contribution in [1.29, 1.82) is 0 Å². The molecule has 1 rings (SSSR count). The summed E-state index contributed by atoms with van der Waals surface area (Å²) in [5.41, 5.74) is 1.34. The van der Waals surface area contributed by atoms with Gasteiger partial charge in [0, 0.05) is 12.7 Å². The number of anilines is 1. The lowest BCUT2D eigenvalue weighted by molar-refractivity contribution is 0.559. The molecule has 1 heterocycles. The highest BCUT2D eigenvalue weighted by molar-refractivity contribution is 5.35. The Morgan fingerprint density at radius 3 is 2.50 bits per heavy atom. The minimum absolute atomic E-state index is 0.654. The van der Waals surface area contributed by atoms with Crippen LogP contribution in [0.25, 0.3) is 0 Å². The van der Waals surface area contributed by atoms with Crippen molar-refractivity contribution in [3.63, 3.8) is 0 Å². The SMILES string of the molecule is CCC(C)Cc1ccc(NCC(C)C)nc1. The standard InChI is InChI=1S/C14H24N2/c1-5-12(4)8-13-6-7-14(16-10-13)15-9-11(2)3/h6-7,10-12H,5,8-9H2,1-4H3,(H,15,16). The van der Waals surface area contributed by atoms with Gasteiger partial charge in [0.2, 0.25) is 0 Å². The highest BCUT2D eigenvalue weighted by atomic mass is 15.0. The molecular formula is C14H24N2. The van der Waals surface area contributed by atoms with Gasteiger partial charge in [0.15, 0.2) is 0 Å². The predicted molar refractivity (Wildman–Crippen MR) is 70.7 cm³/mol. The summed E-state index contributed by atoms with van der Waals surface area (Å²) >= 11 is 0. The van der Waals surface area contributed by atoms with Crippen molar-refractivity contribution in [1.82, 2.24) is 4.98 Å². The Morgan fingerprint density at radius 2 is 2.00 bits per heavy atom. The van der Waals surface area contributed by atoms with Gasteiger partial charge in [-0.1, -0.05) is 40.2 Å². The average molecular weight is 220 g/mol. The number of nitrogens with one attached hydrogen (secondary N) is 1. The van der Waals surface area contributed by atoms with Gasteiger partial charge in [-0.2, -0.15) is 0 Å². The van der Waals surface area contributed by atoms with Crippen molar-refractivity contribution >= 4 is 5.82 Å². The fourth-order valence-electron chi connectivity index (χ4n) is 1.51. The summed E-state index contributed by atoms with van der Waals surface area (Å²) in [7, 11) is 0. The van der Waals surface area contributed by atoms with Gasteiger partial charge in [-0.15, -0.1) is 0 Å². The molecule has 1 unspecified atom stereocenters. The number of nitrogens with zero attached hydrogens (tertiary/aromatic N) is 1. The molecule has 90 valence electrons. The van der Waals surface area contributed by atoms with Gasteiger partial charge in [-0.05, 0) is 29.9 Å². The van der Waals surface area contributed by atoms with Crippen LogP contribution in [-0.2, 0) is 6.42 Å². The van der Waals surface area contributed by atoms with Gasteiger partial charge >= 0.3 is 0 Å². The molecule has 0 saturated carbocycles. The first kappa shape index (κ1) is 13.0. The second-order valence-corrected chi connectivity index (χ2v) is 5.04. The first-order chi connectivity index (χ1) is 7.61. The third-order valence-electron chi connectivity index (χ3n) is 2.80. The zero-order valence-electron chi connectivity index (χ0n) is 11.0. The topological polar surface area (TPSA) is 24.9 Å². The monoisotopic (exact) mass is 220 g/mol. The molecule has 0 aliphatic heterocycles. The molecule has 1 N–H and O–H groups in total. The molecule has 2 nitrogen and oxygen atoms in total. The summed E-state index contributed by atoms with van der Waals surface area (Å²) in [4.78, 5) is 4.43. The zero-order chi connectivity index (χ0) is 12.0. The van der Waals surface area contributed by atoms with Crippen LogP contribution in [0, 0.1) is 11.8 Å². The lowest BCUT2D eigenvalue weighted by atomic mass is 10.0. The van der Waals surface area contributed by atoms with E-state index in [0.29, 0.717) is 5.92 Å². The molecule has 0 aromatic carbocycles. The van der Waals surface area contributed by atoms with Crippen molar-refractivity contribution in [3.8, 4) is 0 Å². The summed E-state index contributed by atoms with van der Waals surface area (Å²) in [6.45, 7) is 9.90. The smallest absolute Gasteiger partial charge is 0.125 e. The minimum Gasteiger partial charge on any atom is -0.370 e. The molecule has 0 spiro atoms. The Balaban J connectivity index is 2.47. The molecule has 0 bridgehead atoms. The fourth-order valence-corrected chi connectivity index (χ4v) is 1.51. The van der Waals surface area contributed by atoms with Gasteiger partial charge in [0.1, 0.15) is 5.82 Å². The summed E-state index contributed by atoms with van der Waals surface area (Å²) in [6.07, 6.45) is 4.36. The maximum atomic E-state index is 4.43. The summed E-state index contributed by atoms with van der Waals surface area (Å²) in [6, 6.07) is 4.27. The number of hydrogen-bond donors (Lipinski definition) is 1. The van der Waals surface area contributed by atoms with E-state index in [-0.39, 0.29) is 0 Å². The van der Waals surface area contributed by atoms with Gasteiger partial charge in [-0.3, -0.25) is 0 Å². The largest absolute Gasteiger partial charge is 0.370 e. The molecule has 1 aromatic rings. The fraction of sp³-hybridized carbons (Fsp3) is 0.643. The predicted octanol–water partition coefficient (Wildman–Crippen LogP) is 3.74. The maximum absolute atomic E-state index is 4.43. The van der Waals surface area contributed by atoms with Gasteiger partial charge in [0.25, 0.3) is 0 Å². The minimum atomic E-state index is 0.654. The molecular weight excluding hydrogens is 196 g/mol. The average Bonchev–Trinajstić information content (AvgIpc) is 2.28. The maximum Gasteiger partial charge on any atom is 0.125 e. The van der Waals surface area contributed by atoms with E-state index in [9.17, 15) is 0 Å². The lowest BCUT2D eigenvalue weighted by Crippen LogP contribution is -2.09. The highest BCUT2D eigenvalue weighted by Crippen LogP contribution is 2.12. The van der Waals surface area contributed by atoms with Crippen LogP contribution in [0.5, 0.6) is 0 Å². The van der Waals surface area contributed by atoms with Gasteiger partial charge in [0.05, 0.1) is 0 Å². The van der Waals surface area contributed by atoms with E-state index >= 15 is 0 Å². The Hall–Kier alpha value is -1.05. The van der Waals surface area contributed by atoms with Crippen molar-refractivity contribution in [2.75, 3.05) is 11.9 Å². The molecule has 1 atom stereocenters. The van der Waals surface area contributed by atoms with Crippen LogP contribution in [0.1, 0.15) is 39.7 Å². The quantitative estimate of drug-likeness (QED) is 0.790. The van der Waals surface area contributed by atoms with Crippen LogP contribution in [-0.4, -0.2) is 11.5 Å². The molecule has 2 heteroatoms. The van der Waals surface area contributed by atoms with Crippen molar-refractivity contribution < 1.29 is 0 Å². The van der Waals surface area contributed by atoms with Crippen LogP contribution < -0.4 is 5.32 Å². The lowest BCUT2D eigenvalue weighted by Gasteiger charge is -2.10. The first-order valence-corrected chi connectivity index (χ1v) is 6.30. The Bertz CT molecular complexity index is 290. The number of aromatic nitrogens is 1. The number of pyridine rings is 1. The summed E-state index contributed by atoms with van der Waals surface area (Å²) in [5, 5.41) is 3.33. The Labute approximate surface area is 99.5 Å². The van der Waals surface area contributed by atoms with Crippen LogP contribution >= 0.6 is 0 Å². The van der Waals surface area contributed by atoms with E-state index in [0.717, 1.165) is 24.7 Å². The van der Waals surface area contributed by atoms with Gasteiger partial charge < -0.3 is 5.32 Å². The van der Waals surface area contributed by atoms with Crippen LogP contribution in [0.15, 0.2) is 18.3 Å². The second kappa shape index (κ2) is 6.51. The second-order valence-electron chi connectivity index (χ2n) is 5.04. The van der Waals surface area contributed by atoms with E-state index in [1.165, 1.54) is 12.0 Å². The van der Waals surface area contributed by atoms with E-state index in [2.05, 4.69) is 50.1 Å². The van der Waals surface area contributed by atoms with Crippen molar-refractivity contribution in [2.45, 2.75) is 40.5 Å². The van der Waals surface area contributed by atoms with Crippen LogP contribution in [0.4, 0.5) is 5.82 Å². The third-order valence-corrected chi connectivity index (χ3v) is 2.80. The van der Waals surface area contributed by atoms with E-state index in [1.807, 2.05) is 6.20 Å².